The van der Waals surface area contributed by atoms with Gasteiger partial charge in [-0.2, -0.15) is 18.2 Å². The van der Waals surface area contributed by atoms with E-state index >= 15 is 0 Å². The zero-order valence-electron chi connectivity index (χ0n) is 13.3. The zero-order valence-corrected chi connectivity index (χ0v) is 14.0. The molecule has 1 heterocycles. The van der Waals surface area contributed by atoms with Gasteiger partial charge in [-0.3, -0.25) is 0 Å². The second-order valence-corrected chi connectivity index (χ2v) is 6.10. The van der Waals surface area contributed by atoms with Crippen LogP contribution in [0.25, 0.3) is 0 Å². The van der Waals surface area contributed by atoms with E-state index in [0.29, 0.717) is 11.7 Å². The monoisotopic (exact) mass is 358 g/mol. The van der Waals surface area contributed by atoms with Gasteiger partial charge in [0.1, 0.15) is 5.82 Å². The summed E-state index contributed by atoms with van der Waals surface area (Å²) in [6.07, 6.45) is -1.94. The third-order valence-corrected chi connectivity index (χ3v) is 3.55. The zero-order chi connectivity index (χ0) is 17.7. The first-order valence-corrected chi connectivity index (χ1v) is 7.84. The molecule has 130 valence electrons. The van der Waals surface area contributed by atoms with Crippen molar-refractivity contribution >= 4 is 29.1 Å². The summed E-state index contributed by atoms with van der Waals surface area (Å²) in [5, 5.41) is 6.04. The van der Waals surface area contributed by atoms with Crippen LogP contribution in [0.3, 0.4) is 0 Å². The molecular formula is C16H18ClF3N4. The fourth-order valence-electron chi connectivity index (χ4n) is 1.92. The molecule has 2 N–H and O–H groups in total. The molecule has 4 nitrogen and oxygen atoms in total. The molecule has 0 aliphatic carbocycles. The number of aromatic nitrogens is 2. The summed E-state index contributed by atoms with van der Waals surface area (Å²) < 4.78 is 38.4. The minimum absolute atomic E-state index is 0.103. The maximum atomic E-state index is 12.8. The third kappa shape index (κ3) is 5.26. The Morgan fingerprint density at radius 2 is 1.96 bits per heavy atom. The lowest BCUT2D eigenvalue weighted by molar-refractivity contribution is -0.137. The summed E-state index contributed by atoms with van der Waals surface area (Å²) in [5.74, 6) is 1.32. The Hall–Kier alpha value is -2.02. The number of benzene rings is 1. The number of rotatable bonds is 6. The van der Waals surface area contributed by atoms with E-state index in [1.165, 1.54) is 12.3 Å². The van der Waals surface area contributed by atoms with Gasteiger partial charge >= 0.3 is 6.18 Å². The van der Waals surface area contributed by atoms with Gasteiger partial charge in [0.25, 0.3) is 0 Å². The maximum absolute atomic E-state index is 12.8. The highest BCUT2D eigenvalue weighted by molar-refractivity contribution is 6.33. The van der Waals surface area contributed by atoms with Crippen molar-refractivity contribution in [3.8, 4) is 0 Å². The van der Waals surface area contributed by atoms with Crippen LogP contribution in [0, 0.1) is 5.92 Å². The molecule has 0 unspecified atom stereocenters. The van der Waals surface area contributed by atoms with Gasteiger partial charge in [-0.1, -0.05) is 25.4 Å². The van der Waals surface area contributed by atoms with Gasteiger partial charge in [0.05, 0.1) is 16.3 Å². The molecule has 2 rings (SSSR count). The summed E-state index contributed by atoms with van der Waals surface area (Å²) in [4.78, 5) is 8.23. The molecule has 0 saturated carbocycles. The number of hydrogen-bond acceptors (Lipinski definition) is 4. The van der Waals surface area contributed by atoms with E-state index < -0.39 is 11.7 Å². The summed E-state index contributed by atoms with van der Waals surface area (Å²) in [7, 11) is 0. The summed E-state index contributed by atoms with van der Waals surface area (Å²) >= 11 is 5.95. The molecule has 0 atom stereocenters. The Morgan fingerprint density at radius 3 is 2.62 bits per heavy atom. The van der Waals surface area contributed by atoms with Crippen molar-refractivity contribution in [3.05, 3.63) is 41.0 Å². The van der Waals surface area contributed by atoms with Crippen molar-refractivity contribution in [1.82, 2.24) is 9.97 Å². The van der Waals surface area contributed by atoms with Gasteiger partial charge in [0.2, 0.25) is 5.95 Å². The average Bonchev–Trinajstić information content (AvgIpc) is 2.48. The van der Waals surface area contributed by atoms with Crippen molar-refractivity contribution in [2.24, 2.45) is 5.92 Å². The molecule has 0 aliphatic heterocycles. The fraction of sp³-hybridized carbons (Fsp3) is 0.375. The lowest BCUT2D eigenvalue weighted by atomic mass is 10.1. The van der Waals surface area contributed by atoms with E-state index in [9.17, 15) is 13.2 Å². The Bertz CT molecular complexity index is 689. The van der Waals surface area contributed by atoms with Crippen LogP contribution in [-0.4, -0.2) is 16.5 Å². The van der Waals surface area contributed by atoms with Crippen LogP contribution in [0.5, 0.6) is 0 Å². The molecule has 0 fully saturated rings. The first kappa shape index (κ1) is 18.3. The SMILES string of the molecule is CC(C)CCNc1ccnc(Nc2cc(C(F)(F)F)ccc2Cl)n1. The predicted molar refractivity (Wildman–Crippen MR) is 89.7 cm³/mol. The van der Waals surface area contributed by atoms with Gasteiger partial charge in [-0.15, -0.1) is 0 Å². The highest BCUT2D eigenvalue weighted by Gasteiger charge is 2.31. The summed E-state index contributed by atoms with van der Waals surface area (Å²) in [5.41, 5.74) is -0.688. The topological polar surface area (TPSA) is 49.8 Å². The highest BCUT2D eigenvalue weighted by Crippen LogP contribution is 2.34. The smallest absolute Gasteiger partial charge is 0.370 e. The van der Waals surface area contributed by atoms with Gasteiger partial charge in [-0.05, 0) is 36.6 Å². The van der Waals surface area contributed by atoms with Crippen molar-refractivity contribution in [2.45, 2.75) is 26.4 Å². The number of halogens is 4. The Labute approximate surface area is 143 Å². The van der Waals surface area contributed by atoms with Crippen molar-refractivity contribution in [2.75, 3.05) is 17.2 Å². The maximum Gasteiger partial charge on any atom is 0.416 e. The van der Waals surface area contributed by atoms with Crippen LogP contribution in [0.1, 0.15) is 25.8 Å². The Kier molecular flexibility index (Phi) is 5.88. The average molecular weight is 359 g/mol. The number of hydrogen-bond donors (Lipinski definition) is 2. The van der Waals surface area contributed by atoms with E-state index in [0.717, 1.165) is 25.1 Å². The summed E-state index contributed by atoms with van der Waals surface area (Å²) in [6.45, 7) is 4.98. The van der Waals surface area contributed by atoms with Gasteiger partial charge in [0, 0.05) is 12.7 Å². The molecule has 0 bridgehead atoms. The molecule has 0 amide bonds. The van der Waals surface area contributed by atoms with Crippen LogP contribution >= 0.6 is 11.6 Å². The van der Waals surface area contributed by atoms with Crippen LogP contribution in [0.4, 0.5) is 30.6 Å². The van der Waals surface area contributed by atoms with Gasteiger partial charge in [-0.25, -0.2) is 4.98 Å². The highest BCUT2D eigenvalue weighted by atomic mass is 35.5. The number of alkyl halides is 3. The predicted octanol–water partition coefficient (Wildman–Crippen LogP) is 5.35. The molecule has 0 saturated heterocycles. The minimum Gasteiger partial charge on any atom is -0.370 e. The normalized spacial score (nSPS) is 11.6. The van der Waals surface area contributed by atoms with Gasteiger partial charge in [0.15, 0.2) is 0 Å². The van der Waals surface area contributed by atoms with Crippen LogP contribution in [-0.2, 0) is 6.18 Å². The lowest BCUT2D eigenvalue weighted by Crippen LogP contribution is -2.08. The van der Waals surface area contributed by atoms with E-state index in [-0.39, 0.29) is 16.7 Å². The van der Waals surface area contributed by atoms with Crippen molar-refractivity contribution in [3.63, 3.8) is 0 Å². The fourth-order valence-corrected chi connectivity index (χ4v) is 2.09. The molecule has 2 aromatic rings. The second-order valence-electron chi connectivity index (χ2n) is 5.69. The molecule has 1 aromatic carbocycles. The van der Waals surface area contributed by atoms with Crippen molar-refractivity contribution < 1.29 is 13.2 Å². The first-order chi connectivity index (χ1) is 11.3. The van der Waals surface area contributed by atoms with E-state index in [1.54, 1.807) is 6.07 Å². The Morgan fingerprint density at radius 1 is 1.21 bits per heavy atom. The van der Waals surface area contributed by atoms with Gasteiger partial charge < -0.3 is 10.6 Å². The largest absolute Gasteiger partial charge is 0.416 e. The number of anilines is 3. The molecule has 0 aliphatic rings. The quantitative estimate of drug-likeness (QED) is 0.730. The number of nitrogens with zero attached hydrogens (tertiary/aromatic N) is 2. The van der Waals surface area contributed by atoms with Crippen LogP contribution < -0.4 is 10.6 Å². The van der Waals surface area contributed by atoms with Crippen LogP contribution in [0.2, 0.25) is 5.02 Å². The minimum atomic E-state index is -4.44. The third-order valence-electron chi connectivity index (χ3n) is 3.22. The molecule has 0 radical (unpaired) electrons. The summed E-state index contributed by atoms with van der Waals surface area (Å²) in [6, 6.07) is 4.75. The van der Waals surface area contributed by atoms with E-state index in [4.69, 9.17) is 11.6 Å². The molecule has 8 heteroatoms. The lowest BCUT2D eigenvalue weighted by Gasteiger charge is -2.12. The van der Waals surface area contributed by atoms with E-state index in [2.05, 4.69) is 34.4 Å². The van der Waals surface area contributed by atoms with E-state index in [1.807, 2.05) is 0 Å². The molecule has 24 heavy (non-hydrogen) atoms. The first-order valence-electron chi connectivity index (χ1n) is 7.46. The standard InChI is InChI=1S/C16H18ClF3N4/c1-10(2)5-7-21-14-6-8-22-15(24-14)23-13-9-11(16(18,19)20)3-4-12(13)17/h3-4,6,8-10H,5,7H2,1-2H3,(H2,21,22,23,24). The molecule has 0 spiro atoms. The van der Waals surface area contributed by atoms with Crippen molar-refractivity contribution in [1.29, 1.82) is 0 Å². The molecular weight excluding hydrogens is 341 g/mol. The second kappa shape index (κ2) is 7.70. The molecule has 1 aromatic heterocycles. The number of nitrogens with one attached hydrogen (secondary N) is 2. The Balaban J connectivity index is 2.13. The van der Waals surface area contributed by atoms with Crippen LogP contribution in [0.15, 0.2) is 30.5 Å².